The van der Waals surface area contributed by atoms with Crippen LogP contribution in [0, 0.1) is 0 Å². The van der Waals surface area contributed by atoms with Crippen molar-refractivity contribution in [3.8, 4) is 0 Å². The molecule has 5 N–H and O–H groups in total. The molecule has 1 unspecified atom stereocenters. The minimum Gasteiger partial charge on any atom is -0.397 e. The Labute approximate surface area is 118 Å². The van der Waals surface area contributed by atoms with E-state index < -0.39 is 6.10 Å². The number of rotatable bonds is 6. The van der Waals surface area contributed by atoms with E-state index >= 15 is 0 Å². The summed E-state index contributed by atoms with van der Waals surface area (Å²) in [6.45, 7) is 0.902. The summed E-state index contributed by atoms with van der Waals surface area (Å²) in [5, 5.41) is 15.6. The van der Waals surface area contributed by atoms with E-state index in [2.05, 4.69) is 10.6 Å². The van der Waals surface area contributed by atoms with Gasteiger partial charge in [-0.1, -0.05) is 0 Å². The fraction of sp³-hybridized carbons (Fsp3) is 0.500. The minimum atomic E-state index is -0.494. The van der Waals surface area contributed by atoms with Crippen LogP contribution in [0.15, 0.2) is 12.1 Å². The number of ether oxygens (including phenoxy) is 1. The number of aryl methyl sites for hydroxylation is 1. The van der Waals surface area contributed by atoms with Gasteiger partial charge < -0.3 is 26.2 Å². The fourth-order valence-electron chi connectivity index (χ4n) is 2.25. The molecule has 0 saturated carbocycles. The van der Waals surface area contributed by atoms with Gasteiger partial charge in [-0.05, 0) is 30.5 Å². The molecule has 1 aromatic carbocycles. The van der Waals surface area contributed by atoms with Gasteiger partial charge in [-0.3, -0.25) is 4.79 Å². The molecule has 1 heterocycles. The average Bonchev–Trinajstić information content (AvgIpc) is 2.40. The van der Waals surface area contributed by atoms with E-state index in [1.165, 1.54) is 0 Å². The third-order valence-electron chi connectivity index (χ3n) is 3.32. The number of anilines is 3. The summed E-state index contributed by atoms with van der Waals surface area (Å²) in [4.78, 5) is 11.4. The number of carbonyl (C=O) groups excluding carboxylic acids is 1. The number of carbonyl (C=O) groups is 1. The van der Waals surface area contributed by atoms with Crippen molar-refractivity contribution in [2.45, 2.75) is 25.4 Å². The zero-order valence-corrected chi connectivity index (χ0v) is 11.6. The van der Waals surface area contributed by atoms with Gasteiger partial charge in [0.05, 0.1) is 24.1 Å². The maximum absolute atomic E-state index is 11.4. The Bertz CT molecular complexity index is 491. The molecule has 1 atom stereocenters. The number of nitrogen functional groups attached to an aromatic ring is 1. The molecule has 0 radical (unpaired) electrons. The van der Waals surface area contributed by atoms with Gasteiger partial charge in [-0.15, -0.1) is 0 Å². The Kier molecular flexibility index (Phi) is 4.81. The van der Waals surface area contributed by atoms with Crippen LogP contribution >= 0.6 is 0 Å². The van der Waals surface area contributed by atoms with Gasteiger partial charge in [0, 0.05) is 25.8 Å². The first-order chi connectivity index (χ1) is 9.60. The number of methoxy groups -OCH3 is 1. The van der Waals surface area contributed by atoms with Crippen LogP contribution in [0.25, 0.3) is 0 Å². The van der Waals surface area contributed by atoms with Gasteiger partial charge >= 0.3 is 0 Å². The number of nitrogens with two attached hydrogens (primary N) is 1. The summed E-state index contributed by atoms with van der Waals surface area (Å²) < 4.78 is 4.87. The number of aliphatic hydroxyl groups excluding tert-OH is 1. The second kappa shape index (κ2) is 6.58. The van der Waals surface area contributed by atoms with Crippen LogP contribution < -0.4 is 16.4 Å². The standard InChI is InChI=1S/C14H21N3O3/c1-20-8-10(18)4-5-16-13-7-12-9(6-11(13)15)2-3-14(19)17-12/h6-7,10,16,18H,2-5,8,15H2,1H3,(H,17,19). The average molecular weight is 279 g/mol. The summed E-state index contributed by atoms with van der Waals surface area (Å²) in [5.74, 6) is 0.0312. The van der Waals surface area contributed by atoms with Gasteiger partial charge in [-0.25, -0.2) is 0 Å². The second-order valence-corrected chi connectivity index (χ2v) is 4.97. The maximum atomic E-state index is 11.4. The van der Waals surface area contributed by atoms with Gasteiger partial charge in [0.2, 0.25) is 5.91 Å². The number of benzene rings is 1. The van der Waals surface area contributed by atoms with Crippen molar-refractivity contribution in [3.63, 3.8) is 0 Å². The Morgan fingerprint density at radius 2 is 2.30 bits per heavy atom. The summed E-state index contributed by atoms with van der Waals surface area (Å²) in [6.07, 6.45) is 1.29. The Morgan fingerprint density at radius 3 is 3.05 bits per heavy atom. The molecule has 0 spiro atoms. The molecule has 1 amide bonds. The maximum Gasteiger partial charge on any atom is 0.224 e. The first-order valence-corrected chi connectivity index (χ1v) is 6.73. The van der Waals surface area contributed by atoms with E-state index in [4.69, 9.17) is 10.5 Å². The summed E-state index contributed by atoms with van der Waals surface area (Å²) >= 11 is 0. The van der Waals surface area contributed by atoms with Crippen molar-refractivity contribution in [3.05, 3.63) is 17.7 Å². The predicted molar refractivity (Wildman–Crippen MR) is 78.8 cm³/mol. The molecule has 0 aliphatic carbocycles. The lowest BCUT2D eigenvalue weighted by atomic mass is 10.0. The van der Waals surface area contributed by atoms with Crippen molar-refractivity contribution in [1.29, 1.82) is 0 Å². The van der Waals surface area contributed by atoms with Crippen LogP contribution in [0.2, 0.25) is 0 Å². The minimum absolute atomic E-state index is 0.0312. The normalized spacial score (nSPS) is 15.4. The van der Waals surface area contributed by atoms with Gasteiger partial charge in [0.1, 0.15) is 0 Å². The van der Waals surface area contributed by atoms with Crippen molar-refractivity contribution in [2.75, 3.05) is 36.6 Å². The van der Waals surface area contributed by atoms with Gasteiger partial charge in [0.25, 0.3) is 0 Å². The molecule has 1 aromatic rings. The van der Waals surface area contributed by atoms with Crippen molar-refractivity contribution >= 4 is 23.0 Å². The highest BCUT2D eigenvalue weighted by molar-refractivity contribution is 5.95. The smallest absolute Gasteiger partial charge is 0.224 e. The topological polar surface area (TPSA) is 96.6 Å². The van der Waals surface area contributed by atoms with Crippen molar-refractivity contribution in [2.24, 2.45) is 0 Å². The van der Waals surface area contributed by atoms with Crippen LogP contribution in [0.5, 0.6) is 0 Å². The zero-order valence-electron chi connectivity index (χ0n) is 11.6. The summed E-state index contributed by atoms with van der Waals surface area (Å²) in [5.41, 5.74) is 9.30. The SMILES string of the molecule is COCC(O)CCNc1cc2c(cc1N)CCC(=O)N2. The second-order valence-electron chi connectivity index (χ2n) is 4.97. The molecule has 1 aliphatic heterocycles. The van der Waals surface area contributed by atoms with E-state index in [9.17, 15) is 9.90 Å². The lowest BCUT2D eigenvalue weighted by Crippen LogP contribution is -2.21. The quantitative estimate of drug-likeness (QED) is 0.582. The van der Waals surface area contributed by atoms with Crippen LogP contribution in [0.1, 0.15) is 18.4 Å². The molecule has 0 aromatic heterocycles. The van der Waals surface area contributed by atoms with Gasteiger partial charge in [-0.2, -0.15) is 0 Å². The molecular weight excluding hydrogens is 258 g/mol. The molecule has 0 fully saturated rings. The largest absolute Gasteiger partial charge is 0.397 e. The monoisotopic (exact) mass is 279 g/mol. The van der Waals surface area contributed by atoms with E-state index in [-0.39, 0.29) is 5.91 Å². The van der Waals surface area contributed by atoms with E-state index in [1.807, 2.05) is 12.1 Å². The number of aliphatic hydroxyl groups is 1. The third kappa shape index (κ3) is 3.61. The number of fused-ring (bicyclic) bond motifs is 1. The highest BCUT2D eigenvalue weighted by Crippen LogP contribution is 2.30. The summed E-state index contributed by atoms with van der Waals surface area (Å²) in [7, 11) is 1.56. The van der Waals surface area contributed by atoms with Crippen LogP contribution in [0.4, 0.5) is 17.1 Å². The molecule has 20 heavy (non-hydrogen) atoms. The van der Waals surface area contributed by atoms with Crippen molar-refractivity contribution < 1.29 is 14.6 Å². The fourth-order valence-corrected chi connectivity index (χ4v) is 2.25. The zero-order chi connectivity index (χ0) is 14.5. The Morgan fingerprint density at radius 1 is 1.50 bits per heavy atom. The van der Waals surface area contributed by atoms with E-state index in [0.717, 1.165) is 23.4 Å². The first-order valence-electron chi connectivity index (χ1n) is 6.73. The molecule has 6 nitrogen and oxygen atoms in total. The van der Waals surface area contributed by atoms with Crippen molar-refractivity contribution in [1.82, 2.24) is 0 Å². The number of amides is 1. The highest BCUT2D eigenvalue weighted by Gasteiger charge is 2.16. The first kappa shape index (κ1) is 14.6. The lowest BCUT2D eigenvalue weighted by molar-refractivity contribution is -0.116. The van der Waals surface area contributed by atoms with E-state index in [0.29, 0.717) is 31.7 Å². The molecule has 0 saturated heterocycles. The lowest BCUT2D eigenvalue weighted by Gasteiger charge is -2.20. The molecule has 0 bridgehead atoms. The number of hydrogen-bond donors (Lipinski definition) is 4. The Balaban J connectivity index is 1.98. The third-order valence-corrected chi connectivity index (χ3v) is 3.32. The predicted octanol–water partition coefficient (Wildman–Crippen LogP) is 0.963. The summed E-state index contributed by atoms with van der Waals surface area (Å²) in [6, 6.07) is 3.74. The molecule has 6 heteroatoms. The van der Waals surface area contributed by atoms with Crippen LogP contribution in [0.3, 0.4) is 0 Å². The highest BCUT2D eigenvalue weighted by atomic mass is 16.5. The Hall–Kier alpha value is -1.79. The van der Waals surface area contributed by atoms with Crippen LogP contribution in [-0.4, -0.2) is 37.4 Å². The molecule has 1 aliphatic rings. The number of hydrogen-bond acceptors (Lipinski definition) is 5. The molecule has 2 rings (SSSR count). The number of nitrogens with one attached hydrogen (secondary N) is 2. The molecule has 110 valence electrons. The van der Waals surface area contributed by atoms with Crippen LogP contribution in [-0.2, 0) is 16.0 Å². The van der Waals surface area contributed by atoms with Gasteiger partial charge in [0.15, 0.2) is 0 Å². The molecular formula is C14H21N3O3. The van der Waals surface area contributed by atoms with E-state index in [1.54, 1.807) is 7.11 Å².